The third-order valence-corrected chi connectivity index (χ3v) is 5.94. The number of carbonyl (C=O) groups is 1. The van der Waals surface area contributed by atoms with Crippen molar-refractivity contribution in [1.82, 2.24) is 20.0 Å². The second-order valence-corrected chi connectivity index (χ2v) is 9.05. The van der Waals surface area contributed by atoms with Crippen LogP contribution >= 0.6 is 0 Å². The van der Waals surface area contributed by atoms with Gasteiger partial charge in [-0.25, -0.2) is 4.79 Å². The van der Waals surface area contributed by atoms with Crippen LogP contribution in [0.1, 0.15) is 74.3 Å². The largest absolute Gasteiger partial charge is 0.447 e. The smallest absolute Gasteiger partial charge is 0.410 e. The molecule has 3 rings (SSSR count). The first kappa shape index (κ1) is 24.2. The maximum atomic E-state index is 12.3. The Hall–Kier alpha value is -2.45. The summed E-state index contributed by atoms with van der Waals surface area (Å²) >= 11 is 0. The number of aliphatic hydroxyl groups is 1. The second-order valence-electron chi connectivity index (χ2n) is 9.05. The van der Waals surface area contributed by atoms with E-state index in [1.807, 2.05) is 25.7 Å². The molecule has 1 N–H and O–H groups in total. The van der Waals surface area contributed by atoms with Crippen LogP contribution < -0.4 is 0 Å². The molecule has 1 aromatic heterocycles. The number of nitrogens with zero attached hydrogens (tertiary/aromatic N) is 4. The molecular weight excluding hydrogens is 408 g/mol. The van der Waals surface area contributed by atoms with Crippen LogP contribution in [0.3, 0.4) is 0 Å². The van der Waals surface area contributed by atoms with Crippen molar-refractivity contribution in [1.29, 1.82) is 0 Å². The number of aromatic nitrogens is 2. The molecule has 2 aromatic rings. The van der Waals surface area contributed by atoms with E-state index in [1.54, 1.807) is 0 Å². The minimum atomic E-state index is -0.719. The lowest BCUT2D eigenvalue weighted by Gasteiger charge is -2.39. The standard InChI is InChI=1S/C24H36N4O4/c1-7-21(29)23-26-25-22(32-23)12-19-10-16(4)11-20(18(19)6)14-27-8-9-28(17(5)13-27)24(30)31-15(2)3/h10-11,15,17,21,29H,7-9,12-14H2,1-6H3/t17-,21-/m0/s1. The Balaban J connectivity index is 1.68. The number of hydrogen-bond donors (Lipinski definition) is 1. The van der Waals surface area contributed by atoms with E-state index in [1.165, 1.54) is 16.7 Å². The fraction of sp³-hybridized carbons (Fsp3) is 0.625. The van der Waals surface area contributed by atoms with Crippen LogP contribution in [0.25, 0.3) is 0 Å². The van der Waals surface area contributed by atoms with Crippen LogP contribution in [0.15, 0.2) is 16.5 Å². The minimum Gasteiger partial charge on any atom is -0.447 e. The van der Waals surface area contributed by atoms with Gasteiger partial charge in [0.2, 0.25) is 11.8 Å². The summed E-state index contributed by atoms with van der Waals surface area (Å²) in [4.78, 5) is 16.5. The van der Waals surface area contributed by atoms with Gasteiger partial charge in [0.25, 0.3) is 0 Å². The lowest BCUT2D eigenvalue weighted by Crippen LogP contribution is -2.54. The van der Waals surface area contributed by atoms with Gasteiger partial charge in [-0.05, 0) is 57.7 Å². The topological polar surface area (TPSA) is 91.9 Å². The summed E-state index contributed by atoms with van der Waals surface area (Å²) in [5.41, 5.74) is 4.80. The minimum absolute atomic E-state index is 0.0985. The first-order valence-electron chi connectivity index (χ1n) is 11.5. The van der Waals surface area contributed by atoms with E-state index >= 15 is 0 Å². The van der Waals surface area contributed by atoms with Gasteiger partial charge in [0.05, 0.1) is 12.5 Å². The van der Waals surface area contributed by atoms with Crippen molar-refractivity contribution in [2.45, 2.75) is 79.2 Å². The lowest BCUT2D eigenvalue weighted by molar-refractivity contribution is 0.0349. The second kappa shape index (κ2) is 10.4. The number of benzene rings is 1. The number of carbonyl (C=O) groups excluding carboxylic acids is 1. The predicted molar refractivity (Wildman–Crippen MR) is 121 cm³/mol. The summed E-state index contributed by atoms with van der Waals surface area (Å²) in [6.45, 7) is 15.0. The van der Waals surface area contributed by atoms with Crippen LogP contribution in [0.4, 0.5) is 4.79 Å². The van der Waals surface area contributed by atoms with Crippen LogP contribution in [0.2, 0.25) is 0 Å². The summed E-state index contributed by atoms with van der Waals surface area (Å²) in [7, 11) is 0. The van der Waals surface area contributed by atoms with Gasteiger partial charge in [0.15, 0.2) is 0 Å². The first-order valence-corrected chi connectivity index (χ1v) is 11.5. The maximum absolute atomic E-state index is 12.3. The summed E-state index contributed by atoms with van der Waals surface area (Å²) < 4.78 is 11.0. The number of ether oxygens (including phenoxy) is 1. The molecule has 0 bridgehead atoms. The summed E-state index contributed by atoms with van der Waals surface area (Å²) in [5, 5.41) is 18.0. The van der Waals surface area contributed by atoms with E-state index in [4.69, 9.17) is 9.15 Å². The summed E-state index contributed by atoms with van der Waals surface area (Å²) in [5.74, 6) is 0.786. The van der Waals surface area contributed by atoms with Gasteiger partial charge in [0, 0.05) is 32.2 Å². The van der Waals surface area contributed by atoms with Gasteiger partial charge >= 0.3 is 6.09 Å². The highest BCUT2D eigenvalue weighted by molar-refractivity contribution is 5.68. The Morgan fingerprint density at radius 1 is 1.25 bits per heavy atom. The normalized spacial score (nSPS) is 18.2. The van der Waals surface area contributed by atoms with Crippen LogP contribution in [-0.2, 0) is 17.7 Å². The van der Waals surface area contributed by atoms with E-state index in [9.17, 15) is 9.90 Å². The SMILES string of the molecule is CC[C@H](O)c1nnc(Cc2cc(C)cc(CN3CCN(C(=O)OC(C)C)[C@@H](C)C3)c2C)o1. The molecule has 1 fully saturated rings. The highest BCUT2D eigenvalue weighted by Gasteiger charge is 2.29. The molecule has 1 saturated heterocycles. The molecule has 0 aliphatic carbocycles. The highest BCUT2D eigenvalue weighted by Crippen LogP contribution is 2.24. The molecule has 0 saturated carbocycles. The molecule has 8 heteroatoms. The van der Waals surface area contributed by atoms with Crippen LogP contribution in [0, 0.1) is 13.8 Å². The number of rotatable bonds is 7. The zero-order valence-corrected chi connectivity index (χ0v) is 20.1. The number of aryl methyl sites for hydroxylation is 1. The highest BCUT2D eigenvalue weighted by atomic mass is 16.6. The molecular formula is C24H36N4O4. The molecule has 1 amide bonds. The van der Waals surface area contributed by atoms with Crippen LogP contribution in [-0.4, -0.2) is 63.0 Å². The summed E-state index contributed by atoms with van der Waals surface area (Å²) in [6.07, 6.45) is 0.0177. The van der Waals surface area contributed by atoms with Gasteiger partial charge in [-0.3, -0.25) is 4.90 Å². The Kier molecular flexibility index (Phi) is 7.90. The fourth-order valence-corrected chi connectivity index (χ4v) is 4.13. The van der Waals surface area contributed by atoms with Crippen molar-refractivity contribution in [3.8, 4) is 0 Å². The lowest BCUT2D eigenvalue weighted by atomic mass is 9.96. The van der Waals surface area contributed by atoms with Gasteiger partial charge in [-0.1, -0.05) is 24.6 Å². The predicted octanol–water partition coefficient (Wildman–Crippen LogP) is 3.77. The first-order chi connectivity index (χ1) is 15.2. The molecule has 2 atom stereocenters. The molecule has 32 heavy (non-hydrogen) atoms. The molecule has 0 spiro atoms. The molecule has 1 aromatic carbocycles. The Morgan fingerprint density at radius 2 is 1.97 bits per heavy atom. The zero-order valence-electron chi connectivity index (χ0n) is 20.1. The van der Waals surface area contributed by atoms with Crippen molar-refractivity contribution in [2.24, 2.45) is 0 Å². The van der Waals surface area contributed by atoms with E-state index in [2.05, 4.69) is 48.0 Å². The number of amides is 1. The molecule has 0 unspecified atom stereocenters. The van der Waals surface area contributed by atoms with E-state index in [0.29, 0.717) is 25.3 Å². The quantitative estimate of drug-likeness (QED) is 0.695. The summed E-state index contributed by atoms with van der Waals surface area (Å²) in [6, 6.07) is 4.48. The zero-order chi connectivity index (χ0) is 23.4. The third kappa shape index (κ3) is 5.86. The fourth-order valence-electron chi connectivity index (χ4n) is 4.13. The van der Waals surface area contributed by atoms with Crippen molar-refractivity contribution >= 4 is 6.09 Å². The number of aliphatic hydroxyl groups excluding tert-OH is 1. The molecule has 1 aliphatic heterocycles. The molecule has 176 valence electrons. The van der Waals surface area contributed by atoms with E-state index in [-0.39, 0.29) is 24.1 Å². The Morgan fingerprint density at radius 3 is 2.62 bits per heavy atom. The average molecular weight is 445 g/mol. The number of piperazine rings is 1. The van der Waals surface area contributed by atoms with Crippen molar-refractivity contribution in [2.75, 3.05) is 19.6 Å². The van der Waals surface area contributed by atoms with Crippen LogP contribution in [0.5, 0.6) is 0 Å². The van der Waals surface area contributed by atoms with Crippen molar-refractivity contribution in [3.63, 3.8) is 0 Å². The van der Waals surface area contributed by atoms with E-state index in [0.717, 1.165) is 25.2 Å². The Labute approximate surface area is 190 Å². The monoisotopic (exact) mass is 444 g/mol. The van der Waals surface area contributed by atoms with Gasteiger partial charge in [-0.2, -0.15) is 0 Å². The maximum Gasteiger partial charge on any atom is 0.410 e. The average Bonchev–Trinajstić information content (AvgIpc) is 3.19. The van der Waals surface area contributed by atoms with Gasteiger partial charge in [0.1, 0.15) is 6.10 Å². The van der Waals surface area contributed by atoms with Gasteiger partial charge in [-0.15, -0.1) is 10.2 Å². The third-order valence-electron chi connectivity index (χ3n) is 5.94. The molecule has 0 radical (unpaired) electrons. The van der Waals surface area contributed by atoms with Crippen molar-refractivity contribution < 1.29 is 19.1 Å². The molecule has 2 heterocycles. The number of hydrogen-bond acceptors (Lipinski definition) is 7. The van der Waals surface area contributed by atoms with Crippen molar-refractivity contribution in [3.05, 3.63) is 46.2 Å². The molecule has 8 nitrogen and oxygen atoms in total. The van der Waals surface area contributed by atoms with Gasteiger partial charge < -0.3 is 19.2 Å². The Bertz CT molecular complexity index is 927. The molecule has 1 aliphatic rings. The van der Waals surface area contributed by atoms with E-state index < -0.39 is 6.10 Å².